The van der Waals surface area contributed by atoms with Gasteiger partial charge in [-0.15, -0.1) is 0 Å². The number of hydrogen-bond acceptors (Lipinski definition) is 17. The molecule has 2 aliphatic heterocycles. The SMILES string of the molecule is C#[N+]c1ccccc1CC(OC)OC.CC(C)CCC=O.COC(C)CCC(CC(=O)[C@@H](C)CCO)C(=O)Nc1ccccc1CC(OC)OC.C[C@@H](CCO)C(=O)O.N.N[C@H]1CCO[C@H]2CCC(C(=O)n3ccc4ccccc43)N2C1=O.OCC(F)(F)F. The minimum Gasteiger partial charge on any atom is -0.481 e. The Morgan fingerprint density at radius 1 is 0.764 bits per heavy atom. The number of halogens is 3. The number of ether oxygens (including phenoxy) is 6. The topological polar surface area (TPSA) is 324 Å². The Labute approximate surface area is 521 Å². The lowest BCUT2D eigenvalue weighted by Gasteiger charge is -2.28. The molecule has 2 fully saturated rings. The Morgan fingerprint density at radius 2 is 1.31 bits per heavy atom. The van der Waals surface area contributed by atoms with Gasteiger partial charge < -0.3 is 75.7 Å². The van der Waals surface area contributed by atoms with Crippen LogP contribution in [0.3, 0.4) is 0 Å². The zero-order chi connectivity index (χ0) is 66.4. The predicted molar refractivity (Wildman–Crippen MR) is 334 cm³/mol. The van der Waals surface area contributed by atoms with Crippen LogP contribution in [-0.2, 0) is 65.2 Å². The van der Waals surface area contributed by atoms with Crippen LogP contribution in [0, 0.1) is 30.2 Å². The lowest BCUT2D eigenvalue weighted by Crippen LogP contribution is -2.51. The van der Waals surface area contributed by atoms with Crippen molar-refractivity contribution in [2.75, 3.05) is 67.3 Å². The molecule has 10 N–H and O–H groups in total. The second kappa shape index (κ2) is 45.7. The molecule has 3 aromatic carbocycles. The summed E-state index contributed by atoms with van der Waals surface area (Å²) in [6.07, 6.45) is 4.11. The van der Waals surface area contributed by atoms with Crippen LogP contribution < -0.4 is 17.2 Å². The Bertz CT molecular complexity index is 2700. The number of alkyl halides is 3. The van der Waals surface area contributed by atoms with Gasteiger partial charge in [0.05, 0.1) is 30.2 Å². The van der Waals surface area contributed by atoms with Gasteiger partial charge in [-0.2, -0.15) is 13.2 Å². The molecule has 7 atom stereocenters. The Morgan fingerprint density at radius 3 is 1.83 bits per heavy atom. The third kappa shape index (κ3) is 31.2. The third-order valence-corrected chi connectivity index (χ3v) is 14.3. The number of aldehydes is 1. The van der Waals surface area contributed by atoms with Crippen molar-refractivity contribution in [1.82, 2.24) is 15.6 Å². The standard InChI is InChI=1S/C23H37NO6.C17H19N3O3.C11H14NO2.C6H12O.C5H10O3.C2H3F3O.H3N/c1-16(12-13-25)21(26)14-19(11-10-17(2)28-3)23(27)24-20-9-7-6-8-18(20)15-22(29-4)30-5;18-12-8-10-23-15-6-5-14(20(15)16(12)21)17(22)19-9-7-11-3-1-2-4-13(11)19;1-12-10-7-5-4-6-9(10)8-11(13-2)14-3;1-6(2)4-3-5-7;1-4(2-3-6)5(7)8;3-2(4,5)1-6;/h6-9,16-17,19,22,25H,10-15H2,1-5H3,(H,24,27);1-4,7,9,12,14-15H,5-6,8,10,18H2;1,4-7,11H,8H2,2-3H3;5-6H,3-4H2,1-2H3;4,6H,2-3H2,1H3,(H,7,8);6H,1H2;1H3/q;;+1;;;;/t16-,17?,19?;12-,14?,15-;;;4-;;/m00..0../s1. The molecule has 25 heteroatoms. The maximum Gasteiger partial charge on any atom is 0.411 e. The number of methoxy groups -OCH3 is 5. The maximum absolute atomic E-state index is 13.1. The zero-order valence-electron chi connectivity index (χ0n) is 53.3. The quantitative estimate of drug-likeness (QED) is 0.0227. The molecule has 3 unspecified atom stereocenters. The molecule has 3 heterocycles. The molecule has 500 valence electrons. The lowest BCUT2D eigenvalue weighted by molar-refractivity contribution is -0.159. The second-order valence-corrected chi connectivity index (χ2v) is 21.3. The number of aliphatic hydroxyl groups is 3. The molecule has 0 aliphatic carbocycles. The van der Waals surface area contributed by atoms with Crippen LogP contribution in [-0.4, -0.2) is 171 Å². The van der Waals surface area contributed by atoms with Crippen LogP contribution in [0.5, 0.6) is 0 Å². The average Bonchev–Trinajstić information content (AvgIpc) is 1.69. The van der Waals surface area contributed by atoms with Gasteiger partial charge in [0.15, 0.2) is 12.6 Å². The highest BCUT2D eigenvalue weighted by molar-refractivity contribution is 5.98. The number of anilines is 1. The smallest absolute Gasteiger partial charge is 0.411 e. The molecule has 4 aromatic rings. The Kier molecular flexibility index (Phi) is 42.3. The second-order valence-electron chi connectivity index (χ2n) is 21.3. The molecule has 2 aliphatic rings. The molecule has 89 heavy (non-hydrogen) atoms. The van der Waals surface area contributed by atoms with E-state index in [1.165, 1.54) is 0 Å². The summed E-state index contributed by atoms with van der Waals surface area (Å²) >= 11 is 0. The van der Waals surface area contributed by atoms with Gasteiger partial charge in [0, 0.05) is 115 Å². The predicted octanol–water partition coefficient (Wildman–Crippen LogP) is 9.40. The maximum atomic E-state index is 13.1. The number of rotatable bonds is 26. The van der Waals surface area contributed by atoms with Crippen molar-refractivity contribution in [3.63, 3.8) is 0 Å². The van der Waals surface area contributed by atoms with Crippen LogP contribution in [0.4, 0.5) is 24.5 Å². The first-order chi connectivity index (χ1) is 41.8. The summed E-state index contributed by atoms with van der Waals surface area (Å²) in [5.74, 6) is -1.82. The third-order valence-electron chi connectivity index (χ3n) is 14.3. The number of amides is 2. The van der Waals surface area contributed by atoms with Gasteiger partial charge in [-0.1, -0.05) is 82.3 Å². The number of carboxylic acid groups (broad SMARTS) is 1. The van der Waals surface area contributed by atoms with Crippen molar-refractivity contribution >= 4 is 58.0 Å². The van der Waals surface area contributed by atoms with Gasteiger partial charge in [0.1, 0.15) is 30.9 Å². The number of benzene rings is 3. The van der Waals surface area contributed by atoms with Crippen LogP contribution in [0.25, 0.3) is 15.7 Å². The van der Waals surface area contributed by atoms with Gasteiger partial charge in [-0.3, -0.25) is 28.5 Å². The van der Waals surface area contributed by atoms with Crippen LogP contribution >= 0.6 is 0 Å². The number of carboxylic acids is 1. The molecule has 0 saturated carbocycles. The number of para-hydroxylation sites is 3. The molecule has 1 aromatic heterocycles. The minimum absolute atomic E-state index is 0. The van der Waals surface area contributed by atoms with E-state index < -0.39 is 49.0 Å². The van der Waals surface area contributed by atoms with Crippen LogP contribution in [0.1, 0.15) is 115 Å². The van der Waals surface area contributed by atoms with E-state index in [-0.39, 0.29) is 73.8 Å². The number of nitrogens with one attached hydrogen (secondary N) is 1. The Balaban J connectivity index is 0.00000115. The molecule has 2 amide bonds. The molecule has 0 radical (unpaired) electrons. The first-order valence-corrected chi connectivity index (χ1v) is 29.2. The van der Waals surface area contributed by atoms with Crippen molar-refractivity contribution in [3.05, 3.63) is 101 Å². The van der Waals surface area contributed by atoms with Crippen molar-refractivity contribution in [2.45, 2.75) is 155 Å². The monoisotopic (exact) mass is 1260 g/mol. The number of carbonyl (C=O) groups excluding carboxylic acids is 5. The van der Waals surface area contributed by atoms with Crippen molar-refractivity contribution in [2.24, 2.45) is 29.4 Å². The number of ketones is 1. The molecule has 0 bridgehead atoms. The van der Waals surface area contributed by atoms with Gasteiger partial charge >= 0.3 is 17.8 Å². The number of aromatic nitrogens is 1. The van der Waals surface area contributed by atoms with Crippen molar-refractivity contribution in [1.29, 1.82) is 0 Å². The van der Waals surface area contributed by atoms with E-state index in [1.807, 2.05) is 85.8 Å². The molecule has 6 rings (SSSR count). The normalized spacial score (nSPS) is 16.4. The van der Waals surface area contributed by atoms with E-state index in [9.17, 15) is 41.9 Å². The summed E-state index contributed by atoms with van der Waals surface area (Å²) in [5.41, 5.74) is 10.1. The first kappa shape index (κ1) is 82.5. The zero-order valence-corrected chi connectivity index (χ0v) is 53.3. The first-order valence-electron chi connectivity index (χ1n) is 29.2. The van der Waals surface area contributed by atoms with E-state index >= 15 is 0 Å². The molecular weight excluding hydrogens is 1170 g/mol. The molecular formula is C64H98F3N6O16+. The minimum atomic E-state index is -4.40. The summed E-state index contributed by atoms with van der Waals surface area (Å²) in [6, 6.07) is 23.7. The highest BCUT2D eigenvalue weighted by Gasteiger charge is 2.45. The van der Waals surface area contributed by atoms with E-state index in [4.69, 9.17) is 61.2 Å². The number of hydrogen-bond donors (Lipinski definition) is 7. The molecule has 22 nitrogen and oxygen atoms in total. The average molecular weight is 1260 g/mol. The summed E-state index contributed by atoms with van der Waals surface area (Å²) in [5, 5.41) is 36.8. The highest BCUT2D eigenvalue weighted by atomic mass is 19.4. The van der Waals surface area contributed by atoms with E-state index in [0.29, 0.717) is 76.0 Å². The number of carbonyl (C=O) groups is 6. The van der Waals surface area contributed by atoms with Crippen molar-refractivity contribution in [3.8, 4) is 6.57 Å². The van der Waals surface area contributed by atoms with E-state index in [0.717, 1.165) is 46.8 Å². The number of fused-ring (bicyclic) bond motifs is 2. The summed E-state index contributed by atoms with van der Waals surface area (Å²) in [4.78, 5) is 76.1. The summed E-state index contributed by atoms with van der Waals surface area (Å²) in [7, 11) is 7.99. The Hall–Kier alpha value is -6.54. The summed E-state index contributed by atoms with van der Waals surface area (Å²) in [6.45, 7) is 13.4. The fraction of sp³-hybridized carbons (Fsp3) is 0.578. The number of nitrogens with two attached hydrogens (primary N) is 1. The molecule has 2 saturated heterocycles. The number of aliphatic carboxylic acids is 1. The fourth-order valence-electron chi connectivity index (χ4n) is 8.71. The van der Waals surface area contributed by atoms with E-state index in [2.05, 4.69) is 24.0 Å². The van der Waals surface area contributed by atoms with Gasteiger partial charge in [-0.25, -0.2) is 0 Å². The largest absolute Gasteiger partial charge is 0.481 e. The number of Topliss-reactive ketones (excluding diaryl/α,β-unsaturated/α-hetero) is 1. The van der Waals surface area contributed by atoms with Crippen LogP contribution in [0.15, 0.2) is 85.1 Å². The highest BCUT2D eigenvalue weighted by Crippen LogP contribution is 2.31. The van der Waals surface area contributed by atoms with Crippen molar-refractivity contribution < 1.29 is 90.8 Å². The van der Waals surface area contributed by atoms with E-state index in [1.54, 1.807) is 65.1 Å². The number of aliphatic hydroxyl groups excluding tert-OH is 3. The van der Waals surface area contributed by atoms with Crippen LogP contribution in [0.2, 0.25) is 0 Å². The van der Waals surface area contributed by atoms with Gasteiger partial charge in [-0.05, 0) is 92.8 Å². The lowest BCUT2D eigenvalue weighted by atomic mass is 9.89. The number of nitrogens with zero attached hydrogens (tertiary/aromatic N) is 3. The molecule has 0 spiro atoms. The summed E-state index contributed by atoms with van der Waals surface area (Å²) < 4.78 is 65.0. The van der Waals surface area contributed by atoms with Gasteiger partial charge in [0.25, 0.3) is 12.5 Å². The fourth-order valence-corrected chi connectivity index (χ4v) is 8.71. The van der Waals surface area contributed by atoms with Gasteiger partial charge in [0.2, 0.25) is 11.8 Å².